The molecule has 4 fully saturated rings. The van der Waals surface area contributed by atoms with Crippen molar-refractivity contribution >= 4 is 28.4 Å². The van der Waals surface area contributed by atoms with Crippen LogP contribution in [0.1, 0.15) is 165 Å². The Labute approximate surface area is 478 Å². The fraction of sp³-hybridized carbons (Fsp3) is 0.839. The Balaban J connectivity index is 1.54. The highest BCUT2D eigenvalue weighted by Crippen LogP contribution is 2.41. The van der Waals surface area contributed by atoms with Crippen molar-refractivity contribution in [3.05, 3.63) is 28.8 Å². The third kappa shape index (κ3) is 18.0. The Morgan fingerprint density at radius 2 is 0.963 bits per heavy atom. The zero-order valence-electron chi connectivity index (χ0n) is 50.4. The van der Waals surface area contributed by atoms with Crippen LogP contribution in [-0.2, 0) is 56.9 Å². The van der Waals surface area contributed by atoms with Crippen LogP contribution in [0.4, 0.5) is 14.4 Å². The van der Waals surface area contributed by atoms with Gasteiger partial charge in [-0.3, -0.25) is 4.18 Å². The van der Waals surface area contributed by atoms with E-state index in [2.05, 4.69) is 16.0 Å². The zero-order chi connectivity index (χ0) is 61.2. The molecule has 1 saturated carbocycles. The van der Waals surface area contributed by atoms with Crippen LogP contribution in [0, 0.1) is 17.8 Å². The molecule has 0 aromatic heterocycles. The number of aliphatic hydroxyl groups excluding tert-OH is 6. The highest BCUT2D eigenvalue weighted by atomic mass is 32.2. The lowest BCUT2D eigenvalue weighted by atomic mass is 9.80. The normalized spacial score (nSPS) is 34.3. The van der Waals surface area contributed by atoms with Gasteiger partial charge in [0.15, 0.2) is 18.9 Å². The number of aliphatic hydroxyl groups is 6. The third-order valence-corrected chi connectivity index (χ3v) is 16.0. The van der Waals surface area contributed by atoms with Crippen molar-refractivity contribution in [2.24, 2.45) is 17.8 Å². The summed E-state index contributed by atoms with van der Waals surface area (Å²) >= 11 is 0. The highest BCUT2D eigenvalue weighted by Gasteiger charge is 2.55. The van der Waals surface area contributed by atoms with E-state index in [1.54, 1.807) is 76.2 Å². The van der Waals surface area contributed by atoms with Crippen molar-refractivity contribution in [3.63, 3.8) is 0 Å². The van der Waals surface area contributed by atoms with Crippen molar-refractivity contribution in [2.45, 2.75) is 269 Å². The maximum atomic E-state index is 14.7. The second-order valence-electron chi connectivity index (χ2n) is 26.1. The maximum absolute atomic E-state index is 14.7. The fourth-order valence-electron chi connectivity index (χ4n) is 10.2. The Morgan fingerprint density at radius 3 is 1.38 bits per heavy atom. The number of carbonyl (C=O) groups excluding carboxylic acids is 3. The molecule has 25 heteroatoms. The van der Waals surface area contributed by atoms with Crippen LogP contribution < -0.4 is 16.0 Å². The largest absolute Gasteiger partial charge is 0.444 e. The lowest BCUT2D eigenvalue weighted by molar-refractivity contribution is -0.322. The summed E-state index contributed by atoms with van der Waals surface area (Å²) in [6.07, 6.45) is -25.1. The first-order valence-electron chi connectivity index (χ1n) is 28.2. The summed E-state index contributed by atoms with van der Waals surface area (Å²) < 4.78 is 90.0. The Bertz CT molecular complexity index is 2340. The van der Waals surface area contributed by atoms with E-state index in [0.29, 0.717) is 11.1 Å². The first kappa shape index (κ1) is 68.2. The molecule has 466 valence electrons. The van der Waals surface area contributed by atoms with Crippen LogP contribution in [0.2, 0.25) is 0 Å². The average molecular weight is 1180 g/mol. The number of carbonyl (C=O) groups is 3. The number of nitrogens with one attached hydrogen (secondary N) is 3. The molecule has 0 bridgehead atoms. The molecule has 1 aliphatic carbocycles. The van der Waals surface area contributed by atoms with Crippen molar-refractivity contribution in [2.75, 3.05) is 19.7 Å². The van der Waals surface area contributed by atoms with Gasteiger partial charge < -0.3 is 89.2 Å². The van der Waals surface area contributed by atoms with Crippen molar-refractivity contribution < 1.29 is 100 Å². The number of alkyl carbamates (subject to hydrolysis) is 3. The summed E-state index contributed by atoms with van der Waals surface area (Å²) in [5.74, 6) is -3.06. The number of hydrogen-bond acceptors (Lipinski definition) is 21. The molecule has 0 spiro atoms. The molecule has 3 amide bonds. The molecule has 1 aromatic rings. The standard InChI is InChI=1S/C56H95N3O21S/c1-25(2)31-20-32(26(3)4)47(33(21-31)27(5)6)81(69,70)71-24-37-45(76-49-30(9)39(61)42(64)36(73-49)23-58-52(67)79-55(13,14)15)43(65)50(74-37)77-46-40(62)34(59-53(68)80-56(16,17)18)19-28(7)44(46)75-48-29(8)38(60)41(63)35(72-48)22-57-51(66)78-54(10,11)12/h20-21,25-30,34-46,48-50,60-65H,19,22-24H2,1-18H3,(H,57,66)(H,58,67)(H,59,68)/t28?,29?,30-,34-,35?,36+,37-,38-,39+,40?,41-,42?,43+,44-,45?,46-,48-,49?,50+/m1/s1. The quantitative estimate of drug-likeness (QED) is 0.0721. The molecule has 4 aliphatic rings. The van der Waals surface area contributed by atoms with Gasteiger partial charge in [0.25, 0.3) is 10.1 Å². The Hall–Kier alpha value is -3.54. The van der Waals surface area contributed by atoms with E-state index >= 15 is 0 Å². The molecule has 0 radical (unpaired) electrons. The number of ether oxygens (including phenoxy) is 9. The third-order valence-electron chi connectivity index (χ3n) is 14.6. The summed E-state index contributed by atoms with van der Waals surface area (Å²) in [6.45, 7) is 29.8. The predicted octanol–water partition coefficient (Wildman–Crippen LogP) is 4.51. The zero-order valence-corrected chi connectivity index (χ0v) is 51.2. The molecule has 3 aliphatic heterocycles. The number of rotatable bonds is 18. The van der Waals surface area contributed by atoms with Crippen molar-refractivity contribution in [3.8, 4) is 0 Å². The molecule has 3 saturated heterocycles. The van der Waals surface area contributed by atoms with Crippen LogP contribution >= 0.6 is 0 Å². The number of hydrogen-bond donors (Lipinski definition) is 9. The van der Waals surface area contributed by atoms with E-state index in [-0.39, 0.29) is 42.2 Å². The van der Waals surface area contributed by atoms with E-state index in [1.165, 1.54) is 6.92 Å². The van der Waals surface area contributed by atoms with E-state index < -0.39 is 168 Å². The first-order chi connectivity index (χ1) is 37.2. The molecule has 24 nitrogen and oxygen atoms in total. The fourth-order valence-corrected chi connectivity index (χ4v) is 11.8. The van der Waals surface area contributed by atoms with Crippen LogP contribution in [0.5, 0.6) is 0 Å². The van der Waals surface area contributed by atoms with Crippen LogP contribution in [-0.4, -0.2) is 192 Å². The van der Waals surface area contributed by atoms with Gasteiger partial charge >= 0.3 is 18.3 Å². The SMILES string of the molecule is CC(C)c1cc(C(C)C)c(S(=O)(=O)OC[C@H]2O[C@@H](O[C@@H]3C(O)[C@H](NC(=O)OC(C)(C)C)CC(C)[C@H]3O[C@H]3OC(CNC(=O)OC(C)(C)C)[C@@H](O)[C@H](O)C3C)[C@@H](O)C2OC2O[C@@H](CNC(=O)OC(C)(C)C)C(O)[C@@H](O)[C@H]2C)c(C(C)C)c1. The lowest BCUT2D eigenvalue weighted by Gasteiger charge is -2.48. The monoisotopic (exact) mass is 1180 g/mol. The van der Waals surface area contributed by atoms with Gasteiger partial charge in [-0.2, -0.15) is 8.42 Å². The molecule has 19 atom stereocenters. The van der Waals surface area contributed by atoms with E-state index in [0.717, 1.165) is 5.56 Å². The molecular weight excluding hydrogens is 1080 g/mol. The maximum Gasteiger partial charge on any atom is 0.407 e. The van der Waals surface area contributed by atoms with Crippen LogP contribution in [0.3, 0.4) is 0 Å². The van der Waals surface area contributed by atoms with Gasteiger partial charge in [0.1, 0.15) is 76.6 Å². The minimum absolute atomic E-state index is 0.0233. The van der Waals surface area contributed by atoms with Crippen molar-refractivity contribution in [1.29, 1.82) is 0 Å². The molecule has 7 unspecified atom stereocenters. The number of benzene rings is 1. The van der Waals surface area contributed by atoms with E-state index in [9.17, 15) is 53.4 Å². The minimum atomic E-state index is -4.64. The summed E-state index contributed by atoms with van der Waals surface area (Å²) in [5, 5.41) is 77.5. The summed E-state index contributed by atoms with van der Waals surface area (Å²) in [6, 6.07) is 2.61. The lowest BCUT2D eigenvalue weighted by Crippen LogP contribution is -2.64. The van der Waals surface area contributed by atoms with Gasteiger partial charge in [-0.05, 0) is 109 Å². The molecule has 5 rings (SSSR count). The van der Waals surface area contributed by atoms with Gasteiger partial charge in [0, 0.05) is 24.9 Å². The topological polar surface area (TPSA) is 335 Å². The smallest absolute Gasteiger partial charge is 0.407 e. The van der Waals surface area contributed by atoms with E-state index in [1.807, 2.05) is 53.7 Å². The molecule has 3 heterocycles. The Morgan fingerprint density at radius 1 is 0.556 bits per heavy atom. The van der Waals surface area contributed by atoms with Crippen molar-refractivity contribution in [1.82, 2.24) is 16.0 Å². The second kappa shape index (κ2) is 27.2. The van der Waals surface area contributed by atoms with E-state index in [4.69, 9.17) is 46.8 Å². The summed E-state index contributed by atoms with van der Waals surface area (Å²) in [7, 11) is -4.64. The second-order valence-corrected chi connectivity index (χ2v) is 27.6. The average Bonchev–Trinajstić information content (AvgIpc) is 3.66. The summed E-state index contributed by atoms with van der Waals surface area (Å²) in [5.41, 5.74) is -0.656. The van der Waals surface area contributed by atoms with Gasteiger partial charge in [-0.1, -0.05) is 74.4 Å². The molecular formula is C56H95N3O21S. The highest BCUT2D eigenvalue weighted by molar-refractivity contribution is 7.86. The summed E-state index contributed by atoms with van der Waals surface area (Å²) in [4.78, 5) is 38.6. The van der Waals surface area contributed by atoms with Crippen LogP contribution in [0.25, 0.3) is 0 Å². The number of amides is 3. The Kier molecular flexibility index (Phi) is 22.9. The molecule has 9 N–H and O–H groups in total. The first-order valence-corrected chi connectivity index (χ1v) is 29.6. The van der Waals surface area contributed by atoms with Gasteiger partial charge in [-0.15, -0.1) is 0 Å². The van der Waals surface area contributed by atoms with Gasteiger partial charge in [0.2, 0.25) is 0 Å². The van der Waals surface area contributed by atoms with Gasteiger partial charge in [0.05, 0.1) is 31.0 Å². The van der Waals surface area contributed by atoms with Gasteiger partial charge in [-0.25, -0.2) is 14.4 Å². The molecule has 1 aromatic carbocycles. The minimum Gasteiger partial charge on any atom is -0.444 e. The molecule has 81 heavy (non-hydrogen) atoms. The van der Waals surface area contributed by atoms with Crippen LogP contribution in [0.15, 0.2) is 17.0 Å². The predicted molar refractivity (Wildman–Crippen MR) is 292 cm³/mol.